The molecule has 1 heterocycles. The molecule has 0 saturated heterocycles. The van der Waals surface area contributed by atoms with Gasteiger partial charge in [0, 0.05) is 24.1 Å². The topological polar surface area (TPSA) is 64.3 Å². The van der Waals surface area contributed by atoms with Gasteiger partial charge in [-0.15, -0.1) is 0 Å². The number of carbonyl (C=O) groups excluding carboxylic acids is 1. The van der Waals surface area contributed by atoms with Crippen LogP contribution in [0.25, 0.3) is 0 Å². The fourth-order valence-electron chi connectivity index (χ4n) is 1.19. The van der Waals surface area contributed by atoms with Crippen LogP contribution in [0.4, 0.5) is 0 Å². The molecule has 5 nitrogen and oxygen atoms in total. The molecule has 6 heteroatoms. The van der Waals surface area contributed by atoms with Crippen LogP contribution >= 0.6 is 15.9 Å². The molecule has 1 aromatic rings. The molecular formula is C9H13BrN2O3. The van der Waals surface area contributed by atoms with Gasteiger partial charge in [-0.05, 0) is 6.92 Å². The van der Waals surface area contributed by atoms with Gasteiger partial charge >= 0.3 is 5.97 Å². The lowest BCUT2D eigenvalue weighted by Crippen LogP contribution is -2.11. The lowest BCUT2D eigenvalue weighted by Gasteiger charge is -2.05. The van der Waals surface area contributed by atoms with E-state index in [9.17, 15) is 9.90 Å². The minimum Gasteiger partial charge on any atom is -0.461 e. The number of hydrogen-bond acceptors (Lipinski definition) is 4. The highest BCUT2D eigenvalue weighted by molar-refractivity contribution is 9.09. The van der Waals surface area contributed by atoms with Crippen molar-refractivity contribution in [1.82, 2.24) is 9.78 Å². The molecule has 0 radical (unpaired) electrons. The van der Waals surface area contributed by atoms with Crippen molar-refractivity contribution in [3.8, 4) is 0 Å². The average molecular weight is 277 g/mol. The molecule has 1 atom stereocenters. The number of halogens is 1. The number of rotatable bonds is 4. The predicted octanol–water partition coefficient (Wildman–Crippen LogP) is 1.03. The summed E-state index contributed by atoms with van der Waals surface area (Å²) in [7, 11) is 1.69. The Morgan fingerprint density at radius 3 is 3.00 bits per heavy atom. The monoisotopic (exact) mass is 276 g/mol. The summed E-state index contributed by atoms with van der Waals surface area (Å²) in [4.78, 5) is 11.5. The molecule has 1 aromatic heterocycles. The minimum atomic E-state index is -0.752. The molecule has 0 fully saturated rings. The molecular weight excluding hydrogens is 264 g/mol. The van der Waals surface area contributed by atoms with Crippen LogP contribution in [0.1, 0.15) is 29.1 Å². The molecule has 1 unspecified atom stereocenters. The number of alkyl halides is 1. The standard InChI is InChI=1S/C9H13BrN2O3/c1-3-15-9(14)8-6(7(13)4-10)5-12(2)11-8/h5,7,13H,3-4H2,1-2H3. The maximum absolute atomic E-state index is 11.5. The Kier molecular flexibility index (Phi) is 4.28. The van der Waals surface area contributed by atoms with Crippen LogP contribution in [0, 0.1) is 0 Å². The van der Waals surface area contributed by atoms with Crippen molar-refractivity contribution < 1.29 is 14.6 Å². The van der Waals surface area contributed by atoms with Crippen molar-refractivity contribution >= 4 is 21.9 Å². The molecule has 1 rings (SSSR count). The predicted molar refractivity (Wildman–Crippen MR) is 57.9 cm³/mol. The normalized spacial score (nSPS) is 12.5. The zero-order valence-electron chi connectivity index (χ0n) is 8.61. The first-order valence-corrected chi connectivity index (χ1v) is 5.67. The van der Waals surface area contributed by atoms with Gasteiger partial charge in [0.1, 0.15) is 0 Å². The third kappa shape index (κ3) is 2.79. The molecule has 0 aliphatic rings. The molecule has 84 valence electrons. The Hall–Kier alpha value is -0.880. The molecule has 0 spiro atoms. The fourth-order valence-corrected chi connectivity index (χ4v) is 1.54. The summed E-state index contributed by atoms with van der Waals surface area (Å²) >= 11 is 3.14. The van der Waals surface area contributed by atoms with Crippen molar-refractivity contribution in [1.29, 1.82) is 0 Å². The number of hydrogen-bond donors (Lipinski definition) is 1. The largest absolute Gasteiger partial charge is 0.461 e. The van der Waals surface area contributed by atoms with E-state index in [0.717, 1.165) is 0 Å². The van der Waals surface area contributed by atoms with E-state index in [4.69, 9.17) is 4.74 Å². The number of ether oxygens (including phenoxy) is 1. The summed E-state index contributed by atoms with van der Waals surface area (Å²) in [5.74, 6) is -0.506. The van der Waals surface area contributed by atoms with E-state index < -0.39 is 12.1 Å². The highest BCUT2D eigenvalue weighted by Crippen LogP contribution is 2.19. The highest BCUT2D eigenvalue weighted by atomic mass is 79.9. The van der Waals surface area contributed by atoms with Gasteiger partial charge in [0.05, 0.1) is 12.7 Å². The smallest absolute Gasteiger partial charge is 0.359 e. The van der Waals surface area contributed by atoms with Gasteiger partial charge in [0.2, 0.25) is 0 Å². The third-order valence-corrected chi connectivity index (χ3v) is 2.44. The SMILES string of the molecule is CCOC(=O)c1nn(C)cc1C(O)CBr. The van der Waals surface area contributed by atoms with Crippen LogP contribution in [0.3, 0.4) is 0 Å². The second kappa shape index (κ2) is 5.27. The maximum Gasteiger partial charge on any atom is 0.359 e. The van der Waals surface area contributed by atoms with Gasteiger partial charge in [-0.25, -0.2) is 4.79 Å². The number of aliphatic hydroxyl groups excluding tert-OH is 1. The van der Waals surface area contributed by atoms with Crippen molar-refractivity contribution in [3.05, 3.63) is 17.5 Å². The van der Waals surface area contributed by atoms with E-state index in [0.29, 0.717) is 17.5 Å². The lowest BCUT2D eigenvalue weighted by atomic mass is 10.1. The maximum atomic E-state index is 11.5. The van der Waals surface area contributed by atoms with Crippen LogP contribution in [0.5, 0.6) is 0 Å². The Morgan fingerprint density at radius 2 is 2.47 bits per heavy atom. The van der Waals surface area contributed by atoms with Gasteiger partial charge in [-0.3, -0.25) is 4.68 Å². The van der Waals surface area contributed by atoms with Crippen LogP contribution in [0.2, 0.25) is 0 Å². The molecule has 0 aliphatic carbocycles. The summed E-state index contributed by atoms with van der Waals surface area (Å²) in [5.41, 5.74) is 0.652. The summed E-state index contributed by atoms with van der Waals surface area (Å²) in [6.07, 6.45) is 0.858. The van der Waals surface area contributed by atoms with Crippen molar-refractivity contribution in [2.45, 2.75) is 13.0 Å². The molecule has 15 heavy (non-hydrogen) atoms. The first-order chi connectivity index (χ1) is 7.10. The third-order valence-electron chi connectivity index (χ3n) is 1.83. The number of aromatic nitrogens is 2. The summed E-state index contributed by atoms with van der Waals surface area (Å²) in [5, 5.41) is 13.9. The van der Waals surface area contributed by atoms with Gasteiger partial charge in [0.15, 0.2) is 5.69 Å². The summed E-state index contributed by atoms with van der Waals surface area (Å²) in [6, 6.07) is 0. The Labute approximate surface area is 96.2 Å². The van der Waals surface area contributed by atoms with E-state index in [1.165, 1.54) is 4.68 Å². The van der Waals surface area contributed by atoms with E-state index in [2.05, 4.69) is 21.0 Å². The fraction of sp³-hybridized carbons (Fsp3) is 0.556. The first kappa shape index (κ1) is 12.2. The molecule has 0 bridgehead atoms. The van der Waals surface area contributed by atoms with E-state index in [1.807, 2.05) is 0 Å². The second-order valence-electron chi connectivity index (χ2n) is 3.00. The molecule has 1 N–H and O–H groups in total. The number of nitrogens with zero attached hydrogens (tertiary/aromatic N) is 2. The van der Waals surface area contributed by atoms with Crippen LogP contribution in [-0.2, 0) is 11.8 Å². The molecule has 0 aliphatic heterocycles. The Morgan fingerprint density at radius 1 is 1.80 bits per heavy atom. The Balaban J connectivity index is 3.00. The van der Waals surface area contributed by atoms with Gasteiger partial charge in [0.25, 0.3) is 0 Å². The average Bonchev–Trinajstić information content (AvgIpc) is 2.59. The van der Waals surface area contributed by atoms with Gasteiger partial charge < -0.3 is 9.84 Å². The number of aliphatic hydroxyl groups is 1. The lowest BCUT2D eigenvalue weighted by molar-refractivity contribution is 0.0512. The number of carbonyl (C=O) groups is 1. The van der Waals surface area contributed by atoms with Crippen LogP contribution < -0.4 is 0 Å². The van der Waals surface area contributed by atoms with Crippen LogP contribution in [0.15, 0.2) is 6.20 Å². The first-order valence-electron chi connectivity index (χ1n) is 4.54. The summed E-state index contributed by atoms with van der Waals surface area (Å²) in [6.45, 7) is 2.01. The quantitative estimate of drug-likeness (QED) is 0.659. The number of aryl methyl sites for hydroxylation is 1. The molecule has 0 aromatic carbocycles. The van der Waals surface area contributed by atoms with Crippen molar-refractivity contribution in [3.63, 3.8) is 0 Å². The van der Waals surface area contributed by atoms with Gasteiger partial charge in [-0.1, -0.05) is 15.9 Å². The van der Waals surface area contributed by atoms with E-state index >= 15 is 0 Å². The van der Waals surface area contributed by atoms with Crippen molar-refractivity contribution in [2.24, 2.45) is 7.05 Å². The highest BCUT2D eigenvalue weighted by Gasteiger charge is 2.21. The van der Waals surface area contributed by atoms with Crippen LogP contribution in [-0.4, -0.2) is 32.8 Å². The zero-order chi connectivity index (χ0) is 11.4. The Bertz CT molecular complexity index is 351. The minimum absolute atomic E-state index is 0.173. The van der Waals surface area contributed by atoms with Crippen molar-refractivity contribution in [2.75, 3.05) is 11.9 Å². The zero-order valence-corrected chi connectivity index (χ0v) is 10.2. The van der Waals surface area contributed by atoms with Gasteiger partial charge in [-0.2, -0.15) is 5.10 Å². The second-order valence-corrected chi connectivity index (χ2v) is 3.64. The number of esters is 1. The molecule has 0 saturated carbocycles. The summed E-state index contributed by atoms with van der Waals surface area (Å²) < 4.78 is 6.32. The van der Waals surface area contributed by atoms with E-state index in [1.54, 1.807) is 20.2 Å². The molecule has 0 amide bonds. The van der Waals surface area contributed by atoms with E-state index in [-0.39, 0.29) is 5.69 Å².